The Labute approximate surface area is 183 Å². The number of nitrogens with one attached hydrogen (secondary N) is 2. The molecule has 0 saturated heterocycles. The molecule has 0 radical (unpaired) electrons. The van der Waals surface area contributed by atoms with Crippen molar-refractivity contribution in [2.75, 3.05) is 6.54 Å². The first-order chi connectivity index (χ1) is 15.2. The van der Waals surface area contributed by atoms with Crippen LogP contribution < -0.4 is 10.6 Å². The fraction of sp³-hybridized carbons (Fsp3) is 0.136. The highest BCUT2D eigenvalue weighted by Gasteiger charge is 2.13. The topological polar surface area (TPSA) is 102 Å². The quantitative estimate of drug-likeness (QED) is 0.446. The van der Waals surface area contributed by atoms with Crippen LogP contribution >= 0.6 is 11.3 Å². The zero-order chi connectivity index (χ0) is 21.5. The number of carbonyl (C=O) groups excluding carboxylic acids is 2. The predicted octanol–water partition coefficient (Wildman–Crippen LogP) is 2.83. The van der Waals surface area contributed by atoms with E-state index in [4.69, 9.17) is 0 Å². The summed E-state index contributed by atoms with van der Waals surface area (Å²) in [6, 6.07) is 13.4. The highest BCUT2D eigenvalue weighted by Crippen LogP contribution is 2.24. The largest absolute Gasteiger partial charge is 0.352 e. The number of pyridine rings is 1. The van der Waals surface area contributed by atoms with Crippen molar-refractivity contribution in [3.63, 3.8) is 0 Å². The summed E-state index contributed by atoms with van der Waals surface area (Å²) in [6.45, 7) is 0.668. The number of amides is 2. The number of rotatable bonds is 8. The van der Waals surface area contributed by atoms with Gasteiger partial charge in [-0.1, -0.05) is 18.2 Å². The van der Waals surface area contributed by atoms with Crippen LogP contribution in [-0.2, 0) is 11.3 Å². The van der Waals surface area contributed by atoms with Gasteiger partial charge in [0.05, 0.1) is 11.9 Å². The van der Waals surface area contributed by atoms with Gasteiger partial charge in [0.25, 0.3) is 5.91 Å². The Morgan fingerprint density at radius 1 is 1.03 bits per heavy atom. The van der Waals surface area contributed by atoms with Gasteiger partial charge in [-0.2, -0.15) is 5.10 Å². The molecule has 1 aromatic carbocycles. The maximum atomic E-state index is 12.4. The van der Waals surface area contributed by atoms with Gasteiger partial charge in [0.2, 0.25) is 5.91 Å². The van der Waals surface area contributed by atoms with Gasteiger partial charge in [-0.3, -0.25) is 14.6 Å². The number of hydrogen-bond acceptors (Lipinski definition) is 6. The van der Waals surface area contributed by atoms with E-state index < -0.39 is 0 Å². The van der Waals surface area contributed by atoms with Crippen molar-refractivity contribution in [3.8, 4) is 16.3 Å². The van der Waals surface area contributed by atoms with E-state index in [9.17, 15) is 9.59 Å². The van der Waals surface area contributed by atoms with E-state index in [1.54, 1.807) is 28.7 Å². The van der Waals surface area contributed by atoms with Crippen LogP contribution in [0.25, 0.3) is 16.3 Å². The van der Waals surface area contributed by atoms with Crippen molar-refractivity contribution in [3.05, 3.63) is 83.9 Å². The third-order valence-corrected chi connectivity index (χ3v) is 5.36. The molecule has 2 amide bonds. The molecule has 0 spiro atoms. The summed E-state index contributed by atoms with van der Waals surface area (Å²) in [6.07, 6.45) is 7.15. The molecule has 0 fully saturated rings. The average molecular weight is 433 g/mol. The van der Waals surface area contributed by atoms with Gasteiger partial charge in [0.15, 0.2) is 0 Å². The van der Waals surface area contributed by atoms with Crippen molar-refractivity contribution in [1.82, 2.24) is 30.4 Å². The minimum absolute atomic E-state index is 0.135. The van der Waals surface area contributed by atoms with Crippen molar-refractivity contribution in [2.45, 2.75) is 13.0 Å². The molecule has 156 valence electrons. The normalized spacial score (nSPS) is 10.6. The predicted molar refractivity (Wildman–Crippen MR) is 118 cm³/mol. The lowest BCUT2D eigenvalue weighted by atomic mass is 10.2. The minimum atomic E-state index is -0.306. The Bertz CT molecular complexity index is 1160. The first kappa shape index (κ1) is 20.4. The van der Waals surface area contributed by atoms with Crippen molar-refractivity contribution < 1.29 is 9.59 Å². The first-order valence-corrected chi connectivity index (χ1v) is 10.6. The molecule has 9 heteroatoms. The third kappa shape index (κ3) is 5.40. The van der Waals surface area contributed by atoms with Crippen LogP contribution in [0.5, 0.6) is 0 Å². The van der Waals surface area contributed by atoms with E-state index in [2.05, 4.69) is 25.7 Å². The number of thiazole rings is 1. The Kier molecular flexibility index (Phi) is 6.44. The summed E-state index contributed by atoms with van der Waals surface area (Å²) < 4.78 is 1.76. The van der Waals surface area contributed by atoms with Crippen LogP contribution in [0, 0.1) is 0 Å². The summed E-state index contributed by atoms with van der Waals surface area (Å²) in [5, 5.41) is 12.3. The van der Waals surface area contributed by atoms with Crippen LogP contribution in [-0.4, -0.2) is 38.1 Å². The summed E-state index contributed by atoms with van der Waals surface area (Å²) in [7, 11) is 0. The molecular formula is C22H20N6O2S. The maximum Gasteiger partial charge on any atom is 0.270 e. The van der Waals surface area contributed by atoms with Gasteiger partial charge >= 0.3 is 0 Å². The molecular weight excluding hydrogens is 412 g/mol. The molecule has 3 heterocycles. The van der Waals surface area contributed by atoms with Crippen LogP contribution in [0.3, 0.4) is 0 Å². The Morgan fingerprint density at radius 2 is 1.84 bits per heavy atom. The standard InChI is InChI=1S/C22H20N6O2S/c29-20(25-12-16-6-9-23-10-7-16)8-11-24-21(30)19-15-31-22(27-19)17-13-26-28(14-17)18-4-2-1-3-5-18/h1-7,9-10,13-15H,8,11-12H2,(H,24,30)(H,25,29). The Hall–Kier alpha value is -3.85. The summed E-state index contributed by atoms with van der Waals surface area (Å²) >= 11 is 1.38. The molecule has 0 unspecified atom stereocenters. The van der Waals surface area contributed by atoms with Crippen molar-refractivity contribution in [2.24, 2.45) is 0 Å². The monoisotopic (exact) mass is 432 g/mol. The van der Waals surface area contributed by atoms with E-state index in [1.165, 1.54) is 11.3 Å². The zero-order valence-electron chi connectivity index (χ0n) is 16.6. The van der Waals surface area contributed by atoms with Gasteiger partial charge < -0.3 is 10.6 Å². The molecule has 0 aliphatic carbocycles. The highest BCUT2D eigenvalue weighted by molar-refractivity contribution is 7.13. The molecule has 0 atom stereocenters. The molecule has 0 aliphatic rings. The van der Waals surface area contributed by atoms with Gasteiger partial charge in [0.1, 0.15) is 10.7 Å². The van der Waals surface area contributed by atoms with E-state index in [-0.39, 0.29) is 24.8 Å². The van der Waals surface area contributed by atoms with Gasteiger partial charge in [-0.05, 0) is 29.8 Å². The fourth-order valence-electron chi connectivity index (χ4n) is 2.84. The smallest absolute Gasteiger partial charge is 0.270 e. The fourth-order valence-corrected chi connectivity index (χ4v) is 3.61. The number of aromatic nitrogens is 4. The number of carbonyl (C=O) groups is 2. The first-order valence-electron chi connectivity index (χ1n) is 9.69. The number of nitrogens with zero attached hydrogens (tertiary/aromatic N) is 4. The Morgan fingerprint density at radius 3 is 2.65 bits per heavy atom. The second-order valence-corrected chi connectivity index (χ2v) is 7.54. The second-order valence-electron chi connectivity index (χ2n) is 6.69. The summed E-state index contributed by atoms with van der Waals surface area (Å²) in [5.74, 6) is -0.440. The molecule has 3 aromatic heterocycles. The number of hydrogen-bond donors (Lipinski definition) is 2. The minimum Gasteiger partial charge on any atom is -0.352 e. The van der Waals surface area contributed by atoms with Crippen LogP contribution in [0.4, 0.5) is 0 Å². The molecule has 8 nitrogen and oxygen atoms in total. The lowest BCUT2D eigenvalue weighted by Gasteiger charge is -2.06. The van der Waals surface area contributed by atoms with Crippen molar-refractivity contribution >= 4 is 23.2 Å². The van der Waals surface area contributed by atoms with Crippen molar-refractivity contribution in [1.29, 1.82) is 0 Å². The summed E-state index contributed by atoms with van der Waals surface area (Å²) in [4.78, 5) is 32.6. The second kappa shape index (κ2) is 9.77. The van der Waals surface area contributed by atoms with E-state index in [0.717, 1.165) is 16.8 Å². The number of para-hydroxylation sites is 1. The Balaban J connectivity index is 1.27. The van der Waals surface area contributed by atoms with Gasteiger partial charge in [-0.25, -0.2) is 9.67 Å². The third-order valence-electron chi connectivity index (χ3n) is 4.46. The molecule has 31 heavy (non-hydrogen) atoms. The maximum absolute atomic E-state index is 12.4. The van der Waals surface area contributed by atoms with Crippen LogP contribution in [0.2, 0.25) is 0 Å². The lowest BCUT2D eigenvalue weighted by molar-refractivity contribution is -0.121. The van der Waals surface area contributed by atoms with Crippen LogP contribution in [0.15, 0.2) is 72.6 Å². The summed E-state index contributed by atoms with van der Waals surface area (Å²) in [5.41, 5.74) is 3.08. The average Bonchev–Trinajstić information content (AvgIpc) is 3.49. The molecule has 2 N–H and O–H groups in total. The molecule has 4 aromatic rings. The zero-order valence-corrected chi connectivity index (χ0v) is 17.4. The molecule has 0 saturated carbocycles. The molecule has 0 aliphatic heterocycles. The van der Waals surface area contributed by atoms with Crippen LogP contribution in [0.1, 0.15) is 22.5 Å². The molecule has 0 bridgehead atoms. The van der Waals surface area contributed by atoms with E-state index in [1.807, 2.05) is 48.7 Å². The highest BCUT2D eigenvalue weighted by atomic mass is 32.1. The van der Waals surface area contributed by atoms with E-state index >= 15 is 0 Å². The van der Waals surface area contributed by atoms with Gasteiger partial charge in [0, 0.05) is 49.0 Å². The molecule has 4 rings (SSSR count). The lowest BCUT2D eigenvalue weighted by Crippen LogP contribution is -2.30. The SMILES string of the molecule is O=C(CCNC(=O)c1csc(-c2cnn(-c3ccccc3)c2)n1)NCc1ccncc1. The van der Waals surface area contributed by atoms with Gasteiger partial charge in [-0.15, -0.1) is 11.3 Å². The number of benzene rings is 1. The van der Waals surface area contributed by atoms with E-state index in [0.29, 0.717) is 17.2 Å².